The van der Waals surface area contributed by atoms with E-state index in [1.54, 1.807) is 19.1 Å². The molecular formula is C20H22FN3O. The van der Waals surface area contributed by atoms with Gasteiger partial charge in [-0.2, -0.15) is 0 Å². The van der Waals surface area contributed by atoms with E-state index in [1.807, 2.05) is 36.6 Å². The van der Waals surface area contributed by atoms with Gasteiger partial charge in [0.2, 0.25) is 5.91 Å². The molecule has 0 aliphatic carbocycles. The molecule has 0 saturated heterocycles. The highest BCUT2D eigenvalue weighted by atomic mass is 19.1. The Morgan fingerprint density at radius 2 is 2.04 bits per heavy atom. The molecule has 130 valence electrons. The van der Waals surface area contributed by atoms with E-state index in [2.05, 4.69) is 10.3 Å². The predicted molar refractivity (Wildman–Crippen MR) is 97.1 cm³/mol. The maximum absolute atomic E-state index is 13.6. The molecule has 0 atom stereocenters. The summed E-state index contributed by atoms with van der Waals surface area (Å²) < 4.78 is 15.6. The van der Waals surface area contributed by atoms with E-state index in [4.69, 9.17) is 0 Å². The third kappa shape index (κ3) is 3.55. The number of nitrogens with one attached hydrogen (secondary N) is 1. The minimum absolute atomic E-state index is 0.0368. The fourth-order valence-electron chi connectivity index (χ4n) is 2.87. The van der Waals surface area contributed by atoms with E-state index < -0.39 is 0 Å². The summed E-state index contributed by atoms with van der Waals surface area (Å²) in [7, 11) is 0. The molecule has 25 heavy (non-hydrogen) atoms. The van der Waals surface area contributed by atoms with Gasteiger partial charge in [0.15, 0.2) is 0 Å². The van der Waals surface area contributed by atoms with Crippen molar-refractivity contribution in [3.63, 3.8) is 0 Å². The monoisotopic (exact) mass is 339 g/mol. The Labute approximate surface area is 146 Å². The van der Waals surface area contributed by atoms with Gasteiger partial charge in [0, 0.05) is 18.3 Å². The van der Waals surface area contributed by atoms with Crippen LogP contribution in [0.3, 0.4) is 0 Å². The summed E-state index contributed by atoms with van der Waals surface area (Å²) in [6, 6.07) is 8.86. The Morgan fingerprint density at radius 3 is 2.76 bits per heavy atom. The molecule has 1 N–H and O–H groups in total. The molecule has 0 radical (unpaired) electrons. The van der Waals surface area contributed by atoms with Crippen molar-refractivity contribution in [2.24, 2.45) is 0 Å². The Morgan fingerprint density at radius 1 is 1.24 bits per heavy atom. The highest BCUT2D eigenvalue weighted by molar-refractivity contribution is 5.81. The van der Waals surface area contributed by atoms with Gasteiger partial charge in [-0.1, -0.05) is 13.0 Å². The minimum Gasteiger partial charge on any atom is -0.356 e. The van der Waals surface area contributed by atoms with Gasteiger partial charge >= 0.3 is 0 Å². The first-order valence-corrected chi connectivity index (χ1v) is 8.50. The van der Waals surface area contributed by atoms with Crippen LogP contribution in [0.1, 0.15) is 30.2 Å². The van der Waals surface area contributed by atoms with Gasteiger partial charge in [-0.15, -0.1) is 0 Å². The van der Waals surface area contributed by atoms with E-state index in [0.717, 1.165) is 34.6 Å². The number of aromatic nitrogens is 2. The second-order valence-electron chi connectivity index (χ2n) is 6.33. The van der Waals surface area contributed by atoms with Crippen LogP contribution in [0.5, 0.6) is 0 Å². The van der Waals surface area contributed by atoms with Crippen LogP contribution < -0.4 is 5.32 Å². The number of amides is 1. The molecule has 0 aliphatic rings. The molecule has 2 heterocycles. The number of aryl methyl sites for hydroxylation is 2. The van der Waals surface area contributed by atoms with Gasteiger partial charge in [-0.25, -0.2) is 9.37 Å². The van der Waals surface area contributed by atoms with Gasteiger partial charge in [0.25, 0.3) is 0 Å². The molecule has 1 amide bonds. The molecule has 4 nitrogen and oxygen atoms in total. The first-order valence-electron chi connectivity index (χ1n) is 8.50. The van der Waals surface area contributed by atoms with E-state index >= 15 is 0 Å². The van der Waals surface area contributed by atoms with Crippen molar-refractivity contribution >= 4 is 11.6 Å². The van der Waals surface area contributed by atoms with Crippen LogP contribution >= 0.6 is 0 Å². The quantitative estimate of drug-likeness (QED) is 0.768. The summed E-state index contributed by atoms with van der Waals surface area (Å²) in [5.41, 5.74) is 4.78. The van der Waals surface area contributed by atoms with Crippen LogP contribution in [0.15, 0.2) is 36.5 Å². The summed E-state index contributed by atoms with van der Waals surface area (Å²) in [5.74, 6) is -0.282. The lowest BCUT2D eigenvalue weighted by Crippen LogP contribution is -2.26. The number of rotatable bonds is 5. The van der Waals surface area contributed by atoms with Crippen LogP contribution in [0.25, 0.3) is 16.9 Å². The summed E-state index contributed by atoms with van der Waals surface area (Å²) in [4.78, 5) is 17.0. The zero-order chi connectivity index (χ0) is 18.0. The number of halogens is 1. The van der Waals surface area contributed by atoms with E-state index in [0.29, 0.717) is 12.1 Å². The molecule has 5 heteroatoms. The van der Waals surface area contributed by atoms with E-state index in [1.165, 1.54) is 6.07 Å². The first kappa shape index (κ1) is 17.1. The molecule has 3 aromatic rings. The zero-order valence-corrected chi connectivity index (χ0v) is 14.8. The van der Waals surface area contributed by atoms with Crippen molar-refractivity contribution < 1.29 is 9.18 Å². The molecule has 0 unspecified atom stereocenters. The minimum atomic E-state index is -0.245. The second-order valence-corrected chi connectivity index (χ2v) is 6.33. The van der Waals surface area contributed by atoms with Gasteiger partial charge in [-0.3, -0.25) is 4.79 Å². The number of carbonyl (C=O) groups excluding carboxylic acids is 1. The number of carbonyl (C=O) groups is 1. The summed E-state index contributed by atoms with van der Waals surface area (Å²) >= 11 is 0. The Bertz CT molecular complexity index is 930. The lowest BCUT2D eigenvalue weighted by atomic mass is 10.1. The van der Waals surface area contributed by atoms with Crippen molar-refractivity contribution in [2.45, 2.75) is 33.6 Å². The van der Waals surface area contributed by atoms with Crippen LogP contribution in [-0.4, -0.2) is 21.8 Å². The smallest absolute Gasteiger partial charge is 0.226 e. The van der Waals surface area contributed by atoms with Crippen LogP contribution in [0.4, 0.5) is 4.39 Å². The lowest BCUT2D eigenvalue weighted by molar-refractivity contribution is -0.120. The number of hydrogen-bond donors (Lipinski definition) is 1. The average Bonchev–Trinajstić information content (AvgIpc) is 2.93. The Balaban J connectivity index is 2.11. The third-order valence-corrected chi connectivity index (χ3v) is 4.20. The lowest BCUT2D eigenvalue weighted by Gasteiger charge is -2.08. The highest BCUT2D eigenvalue weighted by Gasteiger charge is 2.17. The van der Waals surface area contributed by atoms with Crippen molar-refractivity contribution in [2.75, 3.05) is 6.54 Å². The highest BCUT2D eigenvalue weighted by Crippen LogP contribution is 2.27. The van der Waals surface area contributed by atoms with Crippen LogP contribution in [-0.2, 0) is 11.2 Å². The topological polar surface area (TPSA) is 46.4 Å². The summed E-state index contributed by atoms with van der Waals surface area (Å²) in [5, 5.41) is 2.91. The van der Waals surface area contributed by atoms with Gasteiger partial charge in [0.05, 0.1) is 17.8 Å². The molecule has 2 aromatic heterocycles. The largest absolute Gasteiger partial charge is 0.356 e. The van der Waals surface area contributed by atoms with Crippen LogP contribution in [0.2, 0.25) is 0 Å². The third-order valence-electron chi connectivity index (χ3n) is 4.20. The fraction of sp³-hybridized carbons (Fsp3) is 0.300. The van der Waals surface area contributed by atoms with Crippen molar-refractivity contribution in [1.29, 1.82) is 0 Å². The summed E-state index contributed by atoms with van der Waals surface area (Å²) in [6.45, 7) is 6.40. The number of benzene rings is 1. The molecule has 0 bridgehead atoms. The van der Waals surface area contributed by atoms with Gasteiger partial charge < -0.3 is 9.72 Å². The molecule has 0 fully saturated rings. The van der Waals surface area contributed by atoms with E-state index in [-0.39, 0.29) is 18.1 Å². The molecule has 0 spiro atoms. The van der Waals surface area contributed by atoms with Gasteiger partial charge in [0.1, 0.15) is 11.5 Å². The Kier molecular flexibility index (Phi) is 4.83. The fourth-order valence-corrected chi connectivity index (χ4v) is 2.87. The normalized spacial score (nSPS) is 11.0. The van der Waals surface area contributed by atoms with E-state index in [9.17, 15) is 9.18 Å². The SMILES string of the molecule is CCCNC(=O)Cc1c(-c2ccc(F)c(C)c2)nc2ccc(C)cn12. The molecular weight excluding hydrogens is 317 g/mol. The van der Waals surface area contributed by atoms with Crippen LogP contribution in [0, 0.1) is 19.7 Å². The average molecular weight is 339 g/mol. The zero-order valence-electron chi connectivity index (χ0n) is 14.8. The van der Waals surface area contributed by atoms with Crippen molar-refractivity contribution in [1.82, 2.24) is 14.7 Å². The number of pyridine rings is 1. The molecule has 1 aromatic carbocycles. The second kappa shape index (κ2) is 7.05. The standard InChI is InChI=1S/C20H22FN3O/c1-4-9-22-19(25)11-17-20(15-6-7-16(21)14(3)10-15)23-18-8-5-13(2)12-24(17)18/h5-8,10,12H,4,9,11H2,1-3H3,(H,22,25). The first-order chi connectivity index (χ1) is 12.0. The number of hydrogen-bond acceptors (Lipinski definition) is 2. The van der Waals surface area contributed by atoms with Gasteiger partial charge in [-0.05, 0) is 55.7 Å². The maximum atomic E-state index is 13.6. The number of imidazole rings is 1. The number of nitrogens with zero attached hydrogens (tertiary/aromatic N) is 2. The summed E-state index contributed by atoms with van der Waals surface area (Å²) in [6.07, 6.45) is 3.10. The van der Waals surface area contributed by atoms with Crippen molar-refractivity contribution in [3.05, 3.63) is 59.2 Å². The van der Waals surface area contributed by atoms with Crippen molar-refractivity contribution in [3.8, 4) is 11.3 Å². The molecule has 3 rings (SSSR count). The maximum Gasteiger partial charge on any atom is 0.226 e. The molecule has 0 aliphatic heterocycles. The Hall–Kier alpha value is -2.69. The molecule has 0 saturated carbocycles. The number of fused-ring (bicyclic) bond motifs is 1. The predicted octanol–water partition coefficient (Wildman–Crippen LogP) is 3.83.